The summed E-state index contributed by atoms with van der Waals surface area (Å²) in [4.78, 5) is 14.3. The van der Waals surface area contributed by atoms with Crippen molar-refractivity contribution in [2.45, 2.75) is 11.5 Å². The highest BCUT2D eigenvalue weighted by Gasteiger charge is 2.52. The Hall–Kier alpha value is -4.51. The number of methoxy groups -OCH3 is 2. The largest absolute Gasteiger partial charge is 0.497 e. The number of para-hydroxylation sites is 2. The molecule has 0 radical (unpaired) electrons. The number of aromatic nitrogens is 1. The molecule has 4 aromatic carbocycles. The first-order valence-electron chi connectivity index (χ1n) is 12.2. The second-order valence-corrected chi connectivity index (χ2v) is 9.05. The number of benzene rings is 4. The first-order chi connectivity index (χ1) is 18.1. The summed E-state index contributed by atoms with van der Waals surface area (Å²) in [6, 6.07) is 35.4. The molecule has 37 heavy (non-hydrogen) atoms. The summed E-state index contributed by atoms with van der Waals surface area (Å²) in [5.41, 5.74) is 3.32. The summed E-state index contributed by atoms with van der Waals surface area (Å²) >= 11 is 0. The average molecular weight is 491 g/mol. The van der Waals surface area contributed by atoms with E-state index in [2.05, 4.69) is 28.2 Å². The number of anilines is 1. The van der Waals surface area contributed by atoms with Crippen LogP contribution < -0.4 is 10.1 Å². The lowest BCUT2D eigenvalue weighted by Crippen LogP contribution is -2.46. The maximum Gasteiger partial charge on any atom is 0.323 e. The van der Waals surface area contributed by atoms with E-state index in [1.54, 1.807) is 7.11 Å². The lowest BCUT2D eigenvalue weighted by molar-refractivity contribution is -0.146. The molecule has 0 spiro atoms. The fourth-order valence-electron chi connectivity index (χ4n) is 5.28. The minimum Gasteiger partial charge on any atom is -0.497 e. The molecule has 1 aromatic heterocycles. The zero-order valence-corrected chi connectivity index (χ0v) is 21.2. The van der Waals surface area contributed by atoms with Gasteiger partial charge in [0.15, 0.2) is 0 Å². The molecule has 0 amide bonds. The van der Waals surface area contributed by atoms with Gasteiger partial charge in [-0.1, -0.05) is 78.9 Å². The highest BCUT2D eigenvalue weighted by atomic mass is 16.5. The molecule has 0 aliphatic heterocycles. The second-order valence-electron chi connectivity index (χ2n) is 9.05. The first-order valence-corrected chi connectivity index (χ1v) is 12.2. The third-order valence-electron chi connectivity index (χ3n) is 7.03. The molecule has 0 bridgehead atoms. The Labute approximate surface area is 217 Å². The van der Waals surface area contributed by atoms with E-state index in [1.165, 1.54) is 7.11 Å². The number of fused-ring (bicyclic) bond motifs is 1. The van der Waals surface area contributed by atoms with E-state index in [0.29, 0.717) is 5.75 Å². The second kappa shape index (κ2) is 10.2. The van der Waals surface area contributed by atoms with Gasteiger partial charge in [0.05, 0.1) is 20.3 Å². The molecule has 0 aliphatic carbocycles. The van der Waals surface area contributed by atoms with Gasteiger partial charge in [0.2, 0.25) is 0 Å². The Morgan fingerprint density at radius 2 is 1.43 bits per heavy atom. The molecule has 5 heteroatoms. The number of carbonyl (C=O) groups excluding carboxylic acids is 1. The van der Waals surface area contributed by atoms with E-state index in [1.807, 2.05) is 104 Å². The van der Waals surface area contributed by atoms with Gasteiger partial charge in [0.25, 0.3) is 0 Å². The van der Waals surface area contributed by atoms with Crippen LogP contribution in [0.15, 0.2) is 115 Å². The molecule has 0 saturated heterocycles. The average Bonchev–Trinajstić information content (AvgIpc) is 3.30. The van der Waals surface area contributed by atoms with Crippen LogP contribution in [-0.4, -0.2) is 24.8 Å². The zero-order chi connectivity index (χ0) is 25.8. The van der Waals surface area contributed by atoms with Crippen LogP contribution in [0.5, 0.6) is 5.75 Å². The highest BCUT2D eigenvalue weighted by molar-refractivity contribution is 5.97. The van der Waals surface area contributed by atoms with Gasteiger partial charge >= 0.3 is 5.97 Å². The highest BCUT2D eigenvalue weighted by Crippen LogP contribution is 2.49. The van der Waals surface area contributed by atoms with Crippen molar-refractivity contribution in [1.29, 1.82) is 0 Å². The van der Waals surface area contributed by atoms with Gasteiger partial charge in [-0.25, -0.2) is 0 Å². The maximum absolute atomic E-state index is 14.3. The molecule has 2 atom stereocenters. The number of rotatable bonds is 8. The summed E-state index contributed by atoms with van der Waals surface area (Å²) in [7, 11) is 5.09. The molecular weight excluding hydrogens is 460 g/mol. The van der Waals surface area contributed by atoms with E-state index < -0.39 is 11.5 Å². The van der Waals surface area contributed by atoms with Crippen LogP contribution in [0.2, 0.25) is 0 Å². The third kappa shape index (κ3) is 4.23. The third-order valence-corrected chi connectivity index (χ3v) is 7.03. The molecule has 1 heterocycles. The van der Waals surface area contributed by atoms with Crippen LogP contribution in [0.4, 0.5) is 5.69 Å². The molecule has 5 rings (SSSR count). The summed E-state index contributed by atoms with van der Waals surface area (Å²) in [5.74, 6) is 0.360. The van der Waals surface area contributed by atoms with Crippen LogP contribution >= 0.6 is 0 Å². The predicted molar refractivity (Wildman–Crippen MR) is 148 cm³/mol. The summed E-state index contributed by atoms with van der Waals surface area (Å²) < 4.78 is 13.2. The van der Waals surface area contributed by atoms with E-state index >= 15 is 0 Å². The predicted octanol–water partition coefficient (Wildman–Crippen LogP) is 6.50. The number of hydrogen-bond acceptors (Lipinski definition) is 4. The molecule has 5 aromatic rings. The lowest BCUT2D eigenvalue weighted by Gasteiger charge is -2.40. The van der Waals surface area contributed by atoms with Crippen LogP contribution in [0.3, 0.4) is 0 Å². The van der Waals surface area contributed by atoms with Crippen molar-refractivity contribution in [2.24, 2.45) is 7.05 Å². The van der Waals surface area contributed by atoms with Crippen molar-refractivity contribution in [3.8, 4) is 5.75 Å². The van der Waals surface area contributed by atoms with Gasteiger partial charge in [-0.05, 0) is 41.5 Å². The molecule has 0 aliphatic rings. The van der Waals surface area contributed by atoms with Crippen molar-refractivity contribution in [3.05, 3.63) is 132 Å². The number of nitrogens with one attached hydrogen (secondary N) is 1. The molecule has 0 unspecified atom stereocenters. The van der Waals surface area contributed by atoms with Crippen LogP contribution in [0, 0.1) is 0 Å². The number of ether oxygens (including phenoxy) is 2. The first kappa shape index (κ1) is 24.2. The van der Waals surface area contributed by atoms with Gasteiger partial charge in [0, 0.05) is 35.4 Å². The van der Waals surface area contributed by atoms with E-state index in [-0.39, 0.29) is 5.97 Å². The minimum atomic E-state index is -1.24. The monoisotopic (exact) mass is 490 g/mol. The number of carbonyl (C=O) groups is 1. The Kier molecular flexibility index (Phi) is 6.69. The van der Waals surface area contributed by atoms with E-state index in [9.17, 15) is 4.79 Å². The quantitative estimate of drug-likeness (QED) is 0.252. The summed E-state index contributed by atoms with van der Waals surface area (Å²) in [6.07, 6.45) is 2.05. The molecule has 186 valence electrons. The number of nitrogens with zero attached hydrogens (tertiary/aromatic N) is 1. The number of hydrogen-bond donors (Lipinski definition) is 1. The smallest absolute Gasteiger partial charge is 0.323 e. The Morgan fingerprint density at radius 3 is 2.08 bits per heavy atom. The zero-order valence-electron chi connectivity index (χ0n) is 21.2. The number of aryl methyl sites for hydroxylation is 1. The fourth-order valence-corrected chi connectivity index (χ4v) is 5.28. The van der Waals surface area contributed by atoms with Crippen molar-refractivity contribution < 1.29 is 14.3 Å². The van der Waals surface area contributed by atoms with Gasteiger partial charge in [-0.15, -0.1) is 0 Å². The van der Waals surface area contributed by atoms with E-state index in [4.69, 9.17) is 9.47 Å². The standard InChI is InChI=1S/C32H30N2O3/c1-34-22-28(27-16-10-11-17-29(27)34)32(31(35)37-3,24-18-20-26(36-2)21-19-24)30(23-12-6-4-7-13-23)33-25-14-8-5-9-15-25/h4-22,30,33H,1-3H3/t30-,32-/m1/s1. The van der Waals surface area contributed by atoms with Crippen LogP contribution in [0.25, 0.3) is 10.9 Å². The van der Waals surface area contributed by atoms with Crippen molar-refractivity contribution >= 4 is 22.6 Å². The topological polar surface area (TPSA) is 52.5 Å². The van der Waals surface area contributed by atoms with E-state index in [0.717, 1.165) is 33.3 Å². The van der Waals surface area contributed by atoms with Gasteiger partial charge < -0.3 is 19.4 Å². The molecule has 5 nitrogen and oxygen atoms in total. The lowest BCUT2D eigenvalue weighted by atomic mass is 9.66. The fraction of sp³-hybridized carbons (Fsp3) is 0.156. The summed E-state index contributed by atoms with van der Waals surface area (Å²) in [5, 5.41) is 4.70. The number of esters is 1. The normalized spacial score (nSPS) is 13.5. The SMILES string of the molecule is COC(=O)[C@](c1ccc(OC)cc1)(c1cn(C)c2ccccc12)[C@H](Nc1ccccc1)c1ccccc1. The van der Waals surface area contributed by atoms with Gasteiger partial charge in [-0.2, -0.15) is 0 Å². The Bertz CT molecular complexity index is 1490. The molecule has 0 fully saturated rings. The van der Waals surface area contributed by atoms with Crippen LogP contribution in [0.1, 0.15) is 22.7 Å². The van der Waals surface area contributed by atoms with Crippen molar-refractivity contribution in [1.82, 2.24) is 4.57 Å². The summed E-state index contributed by atoms with van der Waals surface area (Å²) in [6.45, 7) is 0. The van der Waals surface area contributed by atoms with Crippen molar-refractivity contribution in [2.75, 3.05) is 19.5 Å². The maximum atomic E-state index is 14.3. The van der Waals surface area contributed by atoms with Gasteiger partial charge in [-0.3, -0.25) is 4.79 Å². The molecular formula is C32H30N2O3. The molecule has 0 saturated carbocycles. The Morgan fingerprint density at radius 1 is 0.811 bits per heavy atom. The minimum absolute atomic E-state index is 0.355. The molecule has 1 N–H and O–H groups in total. The van der Waals surface area contributed by atoms with Crippen molar-refractivity contribution in [3.63, 3.8) is 0 Å². The van der Waals surface area contributed by atoms with Gasteiger partial charge in [0.1, 0.15) is 11.2 Å². The van der Waals surface area contributed by atoms with Crippen LogP contribution in [-0.2, 0) is 22.0 Å². The Balaban J connectivity index is 1.89.